The van der Waals surface area contributed by atoms with Crippen molar-refractivity contribution in [3.63, 3.8) is 0 Å². The van der Waals surface area contributed by atoms with Crippen molar-refractivity contribution in [2.24, 2.45) is 5.92 Å². The van der Waals surface area contributed by atoms with E-state index in [0.29, 0.717) is 12.5 Å². The molecule has 228 valence electrons. The SMILES string of the molecule is O=C(O)C(F)(F)F.O=C(O)C(F)(F)F.c1ccc(CN2CCC3(CC2)OCCC3CCOCc2ccncc2)nc1. The standard InChI is InChI=1S/C22H29N3O2.2C2HF3O2/c1-2-10-24-21(3-1)17-25-13-8-22(9-14-25)20(7-16-27-22)6-15-26-18-19-4-11-23-12-5-19;2*3-2(4,5)1(6)7/h1-5,10-12,20H,6-9,13-18H2;2*(H,6,7). The molecule has 2 aromatic heterocycles. The monoisotopic (exact) mass is 595 g/mol. The van der Waals surface area contributed by atoms with E-state index in [1.165, 1.54) is 12.0 Å². The van der Waals surface area contributed by atoms with E-state index in [2.05, 4.69) is 27.0 Å². The van der Waals surface area contributed by atoms with E-state index >= 15 is 0 Å². The highest BCUT2D eigenvalue weighted by molar-refractivity contribution is 5.73. The van der Waals surface area contributed by atoms with E-state index in [1.807, 2.05) is 36.8 Å². The van der Waals surface area contributed by atoms with Crippen LogP contribution >= 0.6 is 0 Å². The van der Waals surface area contributed by atoms with Gasteiger partial charge in [0, 0.05) is 51.4 Å². The summed E-state index contributed by atoms with van der Waals surface area (Å²) in [6.45, 7) is 5.48. The maximum atomic E-state index is 10.6. The van der Waals surface area contributed by atoms with Gasteiger partial charge in [0.15, 0.2) is 0 Å². The maximum absolute atomic E-state index is 10.6. The van der Waals surface area contributed by atoms with Gasteiger partial charge in [0.05, 0.1) is 17.9 Å². The molecule has 4 rings (SSSR count). The summed E-state index contributed by atoms with van der Waals surface area (Å²) >= 11 is 0. The summed E-state index contributed by atoms with van der Waals surface area (Å²) in [6.07, 6.45) is -0.161. The summed E-state index contributed by atoms with van der Waals surface area (Å²) in [4.78, 5) is 28.8. The van der Waals surface area contributed by atoms with Crippen molar-refractivity contribution in [1.29, 1.82) is 0 Å². The van der Waals surface area contributed by atoms with Crippen LogP contribution in [0.15, 0.2) is 48.9 Å². The fraction of sp³-hybridized carbons (Fsp3) is 0.538. The van der Waals surface area contributed by atoms with Crippen LogP contribution in [-0.2, 0) is 32.2 Å². The Labute approximate surface area is 232 Å². The van der Waals surface area contributed by atoms with Crippen molar-refractivity contribution >= 4 is 11.9 Å². The number of aromatic nitrogens is 2. The Hall–Kier alpha value is -3.30. The fourth-order valence-electron chi connectivity index (χ4n) is 4.45. The average molecular weight is 596 g/mol. The molecule has 1 atom stereocenters. The Morgan fingerprint density at radius 2 is 1.56 bits per heavy atom. The third-order valence-corrected chi connectivity index (χ3v) is 6.53. The van der Waals surface area contributed by atoms with Crippen molar-refractivity contribution in [3.8, 4) is 0 Å². The van der Waals surface area contributed by atoms with Crippen LogP contribution in [0.5, 0.6) is 0 Å². The number of likely N-dealkylation sites (tertiary alicyclic amines) is 1. The molecular weight excluding hydrogens is 564 g/mol. The van der Waals surface area contributed by atoms with Crippen LogP contribution in [0.3, 0.4) is 0 Å². The highest BCUT2D eigenvalue weighted by atomic mass is 19.4. The molecule has 2 aliphatic heterocycles. The molecule has 1 spiro atoms. The lowest BCUT2D eigenvalue weighted by atomic mass is 9.78. The zero-order chi connectivity index (χ0) is 30.5. The third kappa shape index (κ3) is 12.0. The zero-order valence-corrected chi connectivity index (χ0v) is 21.9. The molecule has 9 nitrogen and oxygen atoms in total. The summed E-state index contributed by atoms with van der Waals surface area (Å²) in [5.74, 6) is -4.90. The predicted molar refractivity (Wildman–Crippen MR) is 131 cm³/mol. The third-order valence-electron chi connectivity index (χ3n) is 6.53. The van der Waals surface area contributed by atoms with Gasteiger partial charge < -0.3 is 19.7 Å². The summed E-state index contributed by atoms with van der Waals surface area (Å²) < 4.78 is 75.7. The van der Waals surface area contributed by atoms with Gasteiger partial charge in [0.1, 0.15) is 0 Å². The van der Waals surface area contributed by atoms with E-state index in [-0.39, 0.29) is 5.60 Å². The first-order chi connectivity index (χ1) is 19.2. The van der Waals surface area contributed by atoms with Crippen molar-refractivity contribution in [2.75, 3.05) is 26.3 Å². The van der Waals surface area contributed by atoms with Gasteiger partial charge in [0.2, 0.25) is 0 Å². The van der Waals surface area contributed by atoms with Crippen molar-refractivity contribution in [1.82, 2.24) is 14.9 Å². The molecule has 0 amide bonds. The van der Waals surface area contributed by atoms with E-state index in [4.69, 9.17) is 29.3 Å². The van der Waals surface area contributed by atoms with Gasteiger partial charge >= 0.3 is 24.3 Å². The molecule has 0 saturated carbocycles. The molecule has 0 aliphatic carbocycles. The van der Waals surface area contributed by atoms with Crippen molar-refractivity contribution in [2.45, 2.75) is 56.8 Å². The highest BCUT2D eigenvalue weighted by Crippen LogP contribution is 2.42. The second-order valence-corrected chi connectivity index (χ2v) is 9.30. The number of hydrogen-bond acceptors (Lipinski definition) is 7. The molecule has 0 radical (unpaired) electrons. The number of ether oxygens (including phenoxy) is 2. The number of alkyl halides is 6. The first kappa shape index (κ1) is 33.9. The van der Waals surface area contributed by atoms with E-state index in [0.717, 1.165) is 57.8 Å². The Balaban J connectivity index is 0.000000349. The van der Waals surface area contributed by atoms with Crippen LogP contribution in [-0.4, -0.2) is 81.3 Å². The number of aliphatic carboxylic acids is 2. The number of nitrogens with zero attached hydrogens (tertiary/aromatic N) is 3. The first-order valence-corrected chi connectivity index (χ1v) is 12.6. The number of pyridine rings is 2. The smallest absolute Gasteiger partial charge is 0.475 e. The normalized spacial score (nSPS) is 18.5. The molecule has 0 aromatic carbocycles. The fourth-order valence-corrected chi connectivity index (χ4v) is 4.45. The van der Waals surface area contributed by atoms with Crippen LogP contribution in [0, 0.1) is 5.92 Å². The van der Waals surface area contributed by atoms with Gasteiger partial charge in [-0.2, -0.15) is 26.3 Å². The number of rotatable bonds is 7. The minimum absolute atomic E-state index is 0.0701. The molecule has 2 saturated heterocycles. The molecule has 4 heterocycles. The molecule has 0 bridgehead atoms. The maximum Gasteiger partial charge on any atom is 0.490 e. The number of carboxylic acids is 2. The zero-order valence-electron chi connectivity index (χ0n) is 21.9. The Morgan fingerprint density at radius 3 is 2.07 bits per heavy atom. The number of hydrogen-bond donors (Lipinski definition) is 2. The van der Waals surface area contributed by atoms with Crippen molar-refractivity contribution < 1.29 is 55.6 Å². The molecule has 1 unspecified atom stereocenters. The van der Waals surface area contributed by atoms with Gasteiger partial charge in [-0.1, -0.05) is 6.07 Å². The Bertz CT molecular complexity index is 1040. The van der Waals surface area contributed by atoms with Crippen LogP contribution in [0.4, 0.5) is 26.3 Å². The predicted octanol–water partition coefficient (Wildman–Crippen LogP) is 4.72. The van der Waals surface area contributed by atoms with Gasteiger partial charge in [0.25, 0.3) is 0 Å². The molecule has 2 N–H and O–H groups in total. The largest absolute Gasteiger partial charge is 0.490 e. The second kappa shape index (κ2) is 15.6. The summed E-state index contributed by atoms with van der Waals surface area (Å²) in [5.41, 5.74) is 2.41. The lowest BCUT2D eigenvalue weighted by Gasteiger charge is -2.42. The highest BCUT2D eigenvalue weighted by Gasteiger charge is 2.45. The summed E-state index contributed by atoms with van der Waals surface area (Å²) in [7, 11) is 0. The first-order valence-electron chi connectivity index (χ1n) is 12.6. The van der Waals surface area contributed by atoms with Crippen molar-refractivity contribution in [3.05, 3.63) is 60.2 Å². The quantitative estimate of drug-likeness (QED) is 0.346. The summed E-state index contributed by atoms with van der Waals surface area (Å²) in [5, 5.41) is 14.2. The number of halogens is 6. The van der Waals surface area contributed by atoms with Crippen LogP contribution < -0.4 is 0 Å². The van der Waals surface area contributed by atoms with Crippen LogP contribution in [0.1, 0.15) is 36.9 Å². The number of carboxylic acid groups (broad SMARTS) is 2. The van der Waals surface area contributed by atoms with Gasteiger partial charge in [-0.3, -0.25) is 14.9 Å². The minimum atomic E-state index is -5.08. The van der Waals surface area contributed by atoms with E-state index in [1.54, 1.807) is 0 Å². The molecule has 2 aliphatic rings. The second-order valence-electron chi connectivity index (χ2n) is 9.30. The lowest BCUT2D eigenvalue weighted by Crippen LogP contribution is -2.47. The van der Waals surface area contributed by atoms with Gasteiger partial charge in [-0.05, 0) is 61.4 Å². The molecule has 2 fully saturated rings. The van der Waals surface area contributed by atoms with Crippen LogP contribution in [0.2, 0.25) is 0 Å². The Morgan fingerprint density at radius 1 is 0.976 bits per heavy atom. The molecule has 15 heteroatoms. The number of piperidine rings is 1. The van der Waals surface area contributed by atoms with Gasteiger partial charge in [-0.25, -0.2) is 9.59 Å². The molecular formula is C26H31F6N3O6. The average Bonchev–Trinajstić information content (AvgIpc) is 3.30. The minimum Gasteiger partial charge on any atom is -0.475 e. The topological polar surface area (TPSA) is 122 Å². The van der Waals surface area contributed by atoms with E-state index in [9.17, 15) is 26.3 Å². The summed E-state index contributed by atoms with van der Waals surface area (Å²) in [6, 6.07) is 10.2. The van der Waals surface area contributed by atoms with E-state index < -0.39 is 24.3 Å². The lowest BCUT2D eigenvalue weighted by molar-refractivity contribution is -0.193. The molecule has 41 heavy (non-hydrogen) atoms. The van der Waals surface area contributed by atoms with Gasteiger partial charge in [-0.15, -0.1) is 0 Å². The number of carbonyl (C=O) groups is 2. The van der Waals surface area contributed by atoms with Crippen LogP contribution in [0.25, 0.3) is 0 Å². The Kier molecular flexibility index (Phi) is 12.9. The molecule has 2 aromatic rings.